The zero-order chi connectivity index (χ0) is 14.5. The van der Waals surface area contributed by atoms with Crippen molar-refractivity contribution in [1.82, 2.24) is 15.6 Å². The lowest BCUT2D eigenvalue weighted by Gasteiger charge is -2.09. The van der Waals surface area contributed by atoms with Crippen LogP contribution in [0.2, 0.25) is 10.0 Å². The molecule has 0 saturated heterocycles. The summed E-state index contributed by atoms with van der Waals surface area (Å²) in [6.45, 7) is 1.74. The Bertz CT molecular complexity index is 626. The first-order valence-electron chi connectivity index (χ1n) is 5.84. The number of nitrogens with one attached hydrogen (secondary N) is 1. The fourth-order valence-corrected chi connectivity index (χ4v) is 1.91. The Morgan fingerprint density at radius 2 is 2.20 bits per heavy atom. The molecule has 0 spiro atoms. The van der Waals surface area contributed by atoms with Gasteiger partial charge in [-0.05, 0) is 12.1 Å². The van der Waals surface area contributed by atoms with Crippen LogP contribution in [-0.4, -0.2) is 17.3 Å². The predicted octanol–water partition coefficient (Wildman–Crippen LogP) is 3.42. The topological polar surface area (TPSA) is 60.2 Å². The molecule has 1 N–H and O–H groups in total. The van der Waals surface area contributed by atoms with Crippen LogP contribution in [0.4, 0.5) is 0 Å². The molecule has 20 heavy (non-hydrogen) atoms. The number of benzene rings is 1. The van der Waals surface area contributed by atoms with Gasteiger partial charge >= 0.3 is 0 Å². The van der Waals surface area contributed by atoms with E-state index < -0.39 is 0 Å². The van der Waals surface area contributed by atoms with E-state index in [0.29, 0.717) is 28.2 Å². The normalized spacial score (nSPS) is 11.7. The summed E-state index contributed by atoms with van der Waals surface area (Å²) in [5.41, 5.74) is 4.39. The van der Waals surface area contributed by atoms with Crippen molar-refractivity contribution < 1.29 is 9.36 Å². The van der Waals surface area contributed by atoms with Crippen molar-refractivity contribution in [1.29, 1.82) is 0 Å². The highest BCUT2D eigenvalue weighted by Crippen LogP contribution is 2.25. The van der Waals surface area contributed by atoms with E-state index in [4.69, 9.17) is 32.6 Å². The van der Waals surface area contributed by atoms with Crippen LogP contribution >= 0.6 is 23.2 Å². The number of nitrogens with zero attached hydrogens (tertiary/aromatic N) is 2. The number of aromatic nitrogens is 2. The van der Waals surface area contributed by atoms with Gasteiger partial charge in [0.2, 0.25) is 5.89 Å². The molecule has 1 heterocycles. The number of hydroxylamine groups is 1. The van der Waals surface area contributed by atoms with Gasteiger partial charge in [0.25, 0.3) is 0 Å². The van der Waals surface area contributed by atoms with Crippen LogP contribution in [0.15, 0.2) is 28.8 Å². The molecule has 1 aromatic carbocycles. The Morgan fingerprint density at radius 1 is 1.40 bits per heavy atom. The molecule has 0 aliphatic heterocycles. The van der Waals surface area contributed by atoms with E-state index in [2.05, 4.69) is 15.6 Å². The fraction of sp³-hybridized carbons (Fsp3) is 0.231. The second kappa shape index (κ2) is 6.74. The lowest BCUT2D eigenvalue weighted by atomic mass is 10.1. The number of hydrogen-bond donors (Lipinski definition) is 1. The maximum absolute atomic E-state index is 6.01. The summed E-state index contributed by atoms with van der Waals surface area (Å²) in [5.74, 6) is 1.13. The van der Waals surface area contributed by atoms with E-state index in [9.17, 15) is 0 Å². The maximum atomic E-state index is 6.01. The molecule has 0 saturated carbocycles. The molecular formula is C13H13Cl2N3O2. The van der Waals surface area contributed by atoms with Crippen molar-refractivity contribution in [3.8, 4) is 0 Å². The van der Waals surface area contributed by atoms with E-state index in [1.54, 1.807) is 19.1 Å². The van der Waals surface area contributed by atoms with Gasteiger partial charge in [0, 0.05) is 18.9 Å². The Balaban J connectivity index is 2.23. The Kier molecular flexibility index (Phi) is 5.00. The van der Waals surface area contributed by atoms with Gasteiger partial charge in [-0.3, -0.25) is 10.3 Å². The number of aryl methyl sites for hydroxylation is 1. The van der Waals surface area contributed by atoms with Crippen LogP contribution in [0, 0.1) is 6.92 Å². The molecule has 0 atom stereocenters. The molecular weight excluding hydrogens is 301 g/mol. The average molecular weight is 314 g/mol. The van der Waals surface area contributed by atoms with E-state index >= 15 is 0 Å². The summed E-state index contributed by atoms with van der Waals surface area (Å²) in [6, 6.07) is 5.32. The van der Waals surface area contributed by atoms with Gasteiger partial charge in [-0.25, -0.2) is 0 Å². The third kappa shape index (κ3) is 3.72. The van der Waals surface area contributed by atoms with Crippen molar-refractivity contribution in [2.45, 2.75) is 13.3 Å². The zero-order valence-corrected chi connectivity index (χ0v) is 12.5. The lowest BCUT2D eigenvalue weighted by Crippen LogP contribution is -2.10. The monoisotopic (exact) mass is 313 g/mol. The van der Waals surface area contributed by atoms with Crippen LogP contribution in [0.5, 0.6) is 0 Å². The predicted molar refractivity (Wildman–Crippen MR) is 77.3 cm³/mol. The molecule has 0 aliphatic rings. The van der Waals surface area contributed by atoms with Crippen LogP contribution in [-0.2, 0) is 11.3 Å². The minimum atomic E-state index is 0.475. The molecule has 0 amide bonds. The van der Waals surface area contributed by atoms with E-state index in [-0.39, 0.29) is 0 Å². The molecule has 1 aromatic heterocycles. The quantitative estimate of drug-likeness (QED) is 0.857. The Morgan fingerprint density at radius 3 is 2.80 bits per heavy atom. The molecule has 0 aliphatic carbocycles. The minimum Gasteiger partial charge on any atom is -0.340 e. The van der Waals surface area contributed by atoms with E-state index in [1.807, 2.05) is 12.1 Å². The molecule has 7 heteroatoms. The SMILES string of the molecule is CONC(=CCc1noc(C)n1)c1ccc(Cl)c(Cl)c1. The van der Waals surface area contributed by atoms with Crippen molar-refractivity contribution in [2.24, 2.45) is 0 Å². The molecule has 0 unspecified atom stereocenters. The summed E-state index contributed by atoms with van der Waals surface area (Å²) in [4.78, 5) is 9.09. The van der Waals surface area contributed by atoms with Gasteiger partial charge in [0.1, 0.15) is 0 Å². The van der Waals surface area contributed by atoms with Crippen molar-refractivity contribution in [3.63, 3.8) is 0 Å². The molecule has 0 radical (unpaired) electrons. The van der Waals surface area contributed by atoms with E-state index in [0.717, 1.165) is 11.3 Å². The fourth-order valence-electron chi connectivity index (χ4n) is 1.61. The number of hydrogen-bond acceptors (Lipinski definition) is 5. The second-order valence-corrected chi connectivity index (χ2v) is 4.80. The molecule has 5 nitrogen and oxygen atoms in total. The van der Waals surface area contributed by atoms with Crippen molar-refractivity contribution >= 4 is 28.9 Å². The molecule has 2 rings (SSSR count). The second-order valence-electron chi connectivity index (χ2n) is 3.99. The summed E-state index contributed by atoms with van der Waals surface area (Å²) in [5, 5.41) is 4.80. The van der Waals surface area contributed by atoms with Gasteiger partial charge in [-0.2, -0.15) is 4.98 Å². The minimum absolute atomic E-state index is 0.475. The van der Waals surface area contributed by atoms with E-state index in [1.165, 1.54) is 7.11 Å². The van der Waals surface area contributed by atoms with Crippen molar-refractivity contribution in [2.75, 3.05) is 7.11 Å². The largest absolute Gasteiger partial charge is 0.340 e. The summed E-state index contributed by atoms with van der Waals surface area (Å²) in [6.07, 6.45) is 2.39. The number of rotatable bonds is 5. The smallest absolute Gasteiger partial charge is 0.223 e. The van der Waals surface area contributed by atoms with Gasteiger partial charge in [-0.15, -0.1) is 0 Å². The first kappa shape index (κ1) is 14.8. The van der Waals surface area contributed by atoms with Crippen LogP contribution in [0.1, 0.15) is 17.3 Å². The first-order chi connectivity index (χ1) is 9.60. The van der Waals surface area contributed by atoms with Gasteiger partial charge in [0.15, 0.2) is 5.82 Å². The van der Waals surface area contributed by atoms with Gasteiger partial charge in [-0.1, -0.05) is 40.5 Å². The summed E-state index contributed by atoms with van der Waals surface area (Å²) >= 11 is 11.9. The maximum Gasteiger partial charge on any atom is 0.223 e. The Hall–Kier alpha value is -1.56. The number of halogens is 2. The van der Waals surface area contributed by atoms with Crippen LogP contribution in [0.25, 0.3) is 5.70 Å². The van der Waals surface area contributed by atoms with Crippen LogP contribution in [0.3, 0.4) is 0 Å². The third-order valence-corrected chi connectivity index (χ3v) is 3.24. The highest BCUT2D eigenvalue weighted by atomic mass is 35.5. The summed E-state index contributed by atoms with van der Waals surface area (Å²) in [7, 11) is 1.53. The highest BCUT2D eigenvalue weighted by Gasteiger charge is 2.06. The van der Waals surface area contributed by atoms with Crippen LogP contribution < -0.4 is 5.48 Å². The standard InChI is InChI=1S/C13H13Cl2N3O2/c1-8-16-13(18-20-8)6-5-12(17-19-2)9-3-4-10(14)11(15)7-9/h3-5,7,17H,6H2,1-2H3. The molecule has 0 bridgehead atoms. The number of allylic oxidation sites excluding steroid dienone is 1. The molecule has 2 aromatic rings. The molecule has 0 fully saturated rings. The first-order valence-corrected chi connectivity index (χ1v) is 6.59. The van der Waals surface area contributed by atoms with Gasteiger partial charge < -0.3 is 4.52 Å². The van der Waals surface area contributed by atoms with Gasteiger partial charge in [0.05, 0.1) is 22.9 Å². The molecule has 106 valence electrons. The average Bonchev–Trinajstić information content (AvgIpc) is 2.84. The summed E-state index contributed by atoms with van der Waals surface area (Å²) < 4.78 is 4.92. The lowest BCUT2D eigenvalue weighted by molar-refractivity contribution is 0.136. The third-order valence-electron chi connectivity index (χ3n) is 2.50. The zero-order valence-electron chi connectivity index (χ0n) is 11.0. The Labute approximate surface area is 126 Å². The van der Waals surface area contributed by atoms with Crippen molar-refractivity contribution in [3.05, 3.63) is 51.6 Å². The highest BCUT2D eigenvalue weighted by molar-refractivity contribution is 6.42.